The van der Waals surface area contributed by atoms with E-state index in [9.17, 15) is 19.7 Å². The number of aliphatic imine (C=N–C) groups is 1. The average Bonchev–Trinajstić information content (AvgIpc) is 2.77. The van der Waals surface area contributed by atoms with Crippen molar-refractivity contribution in [2.45, 2.75) is 35.9 Å². The van der Waals surface area contributed by atoms with Gasteiger partial charge in [-0.05, 0) is 0 Å². The zero-order valence-corrected chi connectivity index (χ0v) is 10.9. The third-order valence-electron chi connectivity index (χ3n) is 3.01. The Morgan fingerprint density at radius 3 is 2.67 bits per heavy atom. The first-order valence-corrected chi connectivity index (χ1v) is 6.51. The Bertz CT molecular complexity index is 344. The fraction of sp³-hybridized carbons (Fsp3) is 0.900. The van der Waals surface area contributed by atoms with E-state index in [4.69, 9.17) is 4.74 Å². The van der Waals surface area contributed by atoms with E-state index in [2.05, 4.69) is 4.99 Å². The number of aliphatic hydroxyl groups excluding tert-OH is 3. The summed E-state index contributed by atoms with van der Waals surface area (Å²) in [4.78, 5) is 6.03. The van der Waals surface area contributed by atoms with Gasteiger partial charge in [0.25, 0.3) is 0 Å². The van der Waals surface area contributed by atoms with Crippen LogP contribution in [0.25, 0.3) is 0 Å². The molecule has 1 saturated heterocycles. The smallest absolute Gasteiger partial charge is 0.161 e. The highest BCUT2D eigenvalue weighted by Gasteiger charge is 2.50. The lowest BCUT2D eigenvalue weighted by Crippen LogP contribution is -2.58. The summed E-state index contributed by atoms with van der Waals surface area (Å²) in [5.74, 6) is 0. The summed E-state index contributed by atoms with van der Waals surface area (Å²) in [6.07, 6.45) is -5.09. The number of thioether (sulfide) groups is 1. The number of ether oxygens (including phenoxy) is 1. The van der Waals surface area contributed by atoms with Crippen molar-refractivity contribution < 1.29 is 24.4 Å². The molecule has 6 atom stereocenters. The maximum absolute atomic E-state index is 12.5. The van der Waals surface area contributed by atoms with Crippen molar-refractivity contribution >= 4 is 16.9 Å². The Kier molecular flexibility index (Phi) is 4.12. The van der Waals surface area contributed by atoms with Crippen LogP contribution in [0.3, 0.4) is 0 Å². The summed E-state index contributed by atoms with van der Waals surface area (Å²) >= 11 is 1.29. The fourth-order valence-electron chi connectivity index (χ4n) is 2.00. The fourth-order valence-corrected chi connectivity index (χ4v) is 3.14. The van der Waals surface area contributed by atoms with Crippen LogP contribution in [0, 0.1) is 0 Å². The number of alkyl halides is 1. The van der Waals surface area contributed by atoms with E-state index >= 15 is 0 Å². The maximum atomic E-state index is 12.5. The van der Waals surface area contributed by atoms with Gasteiger partial charge in [0.15, 0.2) is 5.17 Å². The van der Waals surface area contributed by atoms with Gasteiger partial charge in [0, 0.05) is 14.1 Å². The van der Waals surface area contributed by atoms with Crippen LogP contribution in [-0.4, -0.2) is 82.1 Å². The summed E-state index contributed by atoms with van der Waals surface area (Å²) < 4.78 is 17.9. The van der Waals surface area contributed by atoms with Gasteiger partial charge >= 0.3 is 0 Å². The van der Waals surface area contributed by atoms with Crippen LogP contribution in [0.1, 0.15) is 0 Å². The molecule has 0 aliphatic carbocycles. The molecule has 6 nitrogen and oxygen atoms in total. The van der Waals surface area contributed by atoms with Gasteiger partial charge in [0.2, 0.25) is 0 Å². The normalized spacial score (nSPS) is 41.2. The minimum absolute atomic E-state index is 0.507. The lowest BCUT2D eigenvalue weighted by molar-refractivity contribution is -0.186. The SMILES string of the molecule is CN(C)C1=NC2C(OC(C(O)CF)C(O)C2O)S1. The Morgan fingerprint density at radius 1 is 1.44 bits per heavy atom. The summed E-state index contributed by atoms with van der Waals surface area (Å²) in [7, 11) is 3.61. The van der Waals surface area contributed by atoms with Gasteiger partial charge in [-0.1, -0.05) is 11.8 Å². The quantitative estimate of drug-likeness (QED) is 0.589. The second-order valence-corrected chi connectivity index (χ2v) is 5.65. The number of hydrogen-bond donors (Lipinski definition) is 3. The van der Waals surface area contributed by atoms with Gasteiger partial charge < -0.3 is 25.0 Å². The number of halogens is 1. The predicted octanol–water partition coefficient (Wildman–Crippen LogP) is -1.20. The standard InChI is InChI=1S/C10H17FN2O4S/c1-13(2)10-12-5-6(15)7(16)8(4(14)3-11)17-9(5)18-10/h4-9,14-16H,3H2,1-2H3. The molecule has 0 spiro atoms. The van der Waals surface area contributed by atoms with Crippen molar-refractivity contribution in [3.05, 3.63) is 0 Å². The Balaban J connectivity index is 2.14. The highest BCUT2D eigenvalue weighted by Crippen LogP contribution is 2.37. The molecular weight excluding hydrogens is 263 g/mol. The van der Waals surface area contributed by atoms with Crippen LogP contribution in [0.5, 0.6) is 0 Å². The van der Waals surface area contributed by atoms with Crippen molar-refractivity contribution in [1.82, 2.24) is 4.90 Å². The van der Waals surface area contributed by atoms with E-state index in [0.717, 1.165) is 0 Å². The molecule has 8 heteroatoms. The molecule has 104 valence electrons. The molecule has 1 fully saturated rings. The number of rotatable bonds is 2. The number of hydrogen-bond acceptors (Lipinski definition) is 7. The molecule has 6 unspecified atom stereocenters. The zero-order valence-electron chi connectivity index (χ0n) is 10.1. The van der Waals surface area contributed by atoms with E-state index in [-0.39, 0.29) is 0 Å². The van der Waals surface area contributed by atoms with E-state index in [0.29, 0.717) is 5.17 Å². The molecule has 0 aromatic carbocycles. The topological polar surface area (TPSA) is 85.5 Å². The molecule has 18 heavy (non-hydrogen) atoms. The highest BCUT2D eigenvalue weighted by molar-refractivity contribution is 8.14. The molecule has 0 amide bonds. The molecule has 0 saturated carbocycles. The third-order valence-corrected chi connectivity index (χ3v) is 4.31. The lowest BCUT2D eigenvalue weighted by Gasteiger charge is -2.39. The molecule has 2 heterocycles. The number of aliphatic hydroxyl groups is 3. The summed E-state index contributed by atoms with van der Waals surface area (Å²) in [5, 5.41) is 29.9. The van der Waals surface area contributed by atoms with Gasteiger partial charge in [-0.3, -0.25) is 4.99 Å². The first-order valence-electron chi connectivity index (χ1n) is 5.63. The molecule has 2 rings (SSSR count). The zero-order chi connectivity index (χ0) is 13.4. The molecular formula is C10H17FN2O4S. The third kappa shape index (κ3) is 2.35. The molecule has 0 bridgehead atoms. The van der Waals surface area contributed by atoms with Crippen molar-refractivity contribution in [3.63, 3.8) is 0 Å². The first-order chi connectivity index (χ1) is 8.45. The van der Waals surface area contributed by atoms with Gasteiger partial charge in [-0.25, -0.2) is 4.39 Å². The minimum Gasteiger partial charge on any atom is -0.388 e. The van der Waals surface area contributed by atoms with E-state index in [1.807, 2.05) is 0 Å². The van der Waals surface area contributed by atoms with Crippen LogP contribution in [0.4, 0.5) is 4.39 Å². The van der Waals surface area contributed by atoms with Gasteiger partial charge in [0.05, 0.1) is 0 Å². The Hall–Kier alpha value is -0.410. The van der Waals surface area contributed by atoms with Gasteiger partial charge in [-0.2, -0.15) is 0 Å². The number of fused-ring (bicyclic) bond motifs is 1. The average molecular weight is 280 g/mol. The van der Waals surface area contributed by atoms with Crippen LogP contribution in [0.15, 0.2) is 4.99 Å². The predicted molar refractivity (Wildman–Crippen MR) is 65.2 cm³/mol. The number of nitrogens with zero attached hydrogens (tertiary/aromatic N) is 2. The molecule has 3 N–H and O–H groups in total. The maximum Gasteiger partial charge on any atom is 0.161 e. The van der Waals surface area contributed by atoms with Crippen LogP contribution in [0.2, 0.25) is 0 Å². The number of amidine groups is 1. The highest BCUT2D eigenvalue weighted by atomic mass is 32.2. The van der Waals surface area contributed by atoms with Crippen molar-refractivity contribution in [1.29, 1.82) is 0 Å². The van der Waals surface area contributed by atoms with Crippen LogP contribution >= 0.6 is 11.8 Å². The second-order valence-electron chi connectivity index (χ2n) is 4.59. The second kappa shape index (κ2) is 5.30. The first kappa shape index (κ1) is 14.0. The van der Waals surface area contributed by atoms with E-state index < -0.39 is 42.6 Å². The largest absolute Gasteiger partial charge is 0.388 e. The van der Waals surface area contributed by atoms with Crippen molar-refractivity contribution in [3.8, 4) is 0 Å². The minimum atomic E-state index is -1.44. The van der Waals surface area contributed by atoms with Crippen molar-refractivity contribution in [2.75, 3.05) is 20.8 Å². The molecule has 2 aliphatic rings. The summed E-state index contributed by atoms with van der Waals surface area (Å²) in [6, 6.07) is -0.592. The summed E-state index contributed by atoms with van der Waals surface area (Å²) in [5.41, 5.74) is -0.507. The Labute approximate surface area is 108 Å². The van der Waals surface area contributed by atoms with Crippen molar-refractivity contribution in [2.24, 2.45) is 4.99 Å². The van der Waals surface area contributed by atoms with E-state index in [1.54, 1.807) is 19.0 Å². The lowest BCUT2D eigenvalue weighted by atomic mass is 9.95. The van der Waals surface area contributed by atoms with Crippen LogP contribution < -0.4 is 0 Å². The van der Waals surface area contributed by atoms with Gasteiger partial charge in [0.1, 0.15) is 42.6 Å². The molecule has 2 aliphatic heterocycles. The van der Waals surface area contributed by atoms with Crippen LogP contribution in [-0.2, 0) is 4.74 Å². The van der Waals surface area contributed by atoms with E-state index in [1.165, 1.54) is 11.8 Å². The molecule has 0 radical (unpaired) electrons. The monoisotopic (exact) mass is 280 g/mol. The van der Waals surface area contributed by atoms with Gasteiger partial charge in [-0.15, -0.1) is 0 Å². The molecule has 0 aromatic rings. The Morgan fingerprint density at radius 2 is 2.11 bits per heavy atom. The molecule has 0 aromatic heterocycles. The summed E-state index contributed by atoms with van der Waals surface area (Å²) in [6.45, 7) is -1.03.